The lowest BCUT2D eigenvalue weighted by Gasteiger charge is -2.26. The normalized spacial score (nSPS) is 13.5. The number of esters is 1. The number of hydrogen-bond acceptors (Lipinski definition) is 4. The van der Waals surface area contributed by atoms with Crippen molar-refractivity contribution in [1.29, 1.82) is 0 Å². The minimum atomic E-state index is -0.649. The van der Waals surface area contributed by atoms with Gasteiger partial charge in [-0.3, -0.25) is 9.59 Å². The van der Waals surface area contributed by atoms with E-state index in [-0.39, 0.29) is 28.5 Å². The van der Waals surface area contributed by atoms with Gasteiger partial charge in [0.05, 0.1) is 29.5 Å². The van der Waals surface area contributed by atoms with Crippen LogP contribution in [0.2, 0.25) is 5.02 Å². The van der Waals surface area contributed by atoms with Crippen molar-refractivity contribution >= 4 is 35.1 Å². The molecule has 5 nitrogen and oxygen atoms in total. The van der Waals surface area contributed by atoms with Crippen LogP contribution in [0, 0.1) is 0 Å². The number of carbonyl (C=O) groups is 3. The second kappa shape index (κ2) is 7.40. The first kappa shape index (κ1) is 20.1. The Bertz CT molecular complexity index is 965. The highest BCUT2D eigenvalue weighted by Crippen LogP contribution is 2.41. The maximum atomic E-state index is 13.3. The molecule has 1 aliphatic heterocycles. The number of benzene rings is 2. The smallest absolute Gasteiger partial charge is 0.338 e. The van der Waals surface area contributed by atoms with Gasteiger partial charge in [-0.15, -0.1) is 0 Å². The summed E-state index contributed by atoms with van der Waals surface area (Å²) in [6.07, 6.45) is 0. The van der Waals surface area contributed by atoms with Crippen molar-refractivity contribution in [3.63, 3.8) is 0 Å². The minimum absolute atomic E-state index is 0.0376. The van der Waals surface area contributed by atoms with Gasteiger partial charge < -0.3 is 4.74 Å². The molecular weight excluding hydrogens is 378 g/mol. The standard InChI is InChI=1S/C22H22ClNO4/c1-11(2)16-9-13(23)10-17(12(3)4)19(16)24-20(25)14-7-6-8-15(22(27)28-5)18(14)21(24)26/h6-12H,1-5H3. The van der Waals surface area contributed by atoms with Crippen LogP contribution in [0.15, 0.2) is 30.3 Å². The summed E-state index contributed by atoms with van der Waals surface area (Å²) < 4.78 is 4.79. The van der Waals surface area contributed by atoms with Gasteiger partial charge in [0.15, 0.2) is 0 Å². The van der Waals surface area contributed by atoms with Crippen LogP contribution < -0.4 is 4.90 Å². The highest BCUT2D eigenvalue weighted by Gasteiger charge is 2.42. The van der Waals surface area contributed by atoms with Crippen molar-refractivity contribution in [2.24, 2.45) is 0 Å². The molecule has 0 fully saturated rings. The van der Waals surface area contributed by atoms with Crippen LogP contribution in [-0.2, 0) is 4.74 Å². The zero-order valence-corrected chi connectivity index (χ0v) is 17.3. The molecule has 0 unspecified atom stereocenters. The summed E-state index contributed by atoms with van der Waals surface area (Å²) in [5.41, 5.74) is 2.55. The van der Waals surface area contributed by atoms with Crippen LogP contribution in [0.1, 0.15) is 81.7 Å². The van der Waals surface area contributed by atoms with E-state index in [0.717, 1.165) is 11.1 Å². The van der Waals surface area contributed by atoms with Crippen LogP contribution >= 0.6 is 11.6 Å². The molecule has 0 bridgehead atoms. The zero-order valence-electron chi connectivity index (χ0n) is 16.5. The van der Waals surface area contributed by atoms with Gasteiger partial charge in [-0.05, 0) is 47.2 Å². The number of fused-ring (bicyclic) bond motifs is 1. The first-order chi connectivity index (χ1) is 13.2. The maximum Gasteiger partial charge on any atom is 0.338 e. The lowest BCUT2D eigenvalue weighted by atomic mass is 9.91. The predicted molar refractivity (Wildman–Crippen MR) is 109 cm³/mol. The summed E-state index contributed by atoms with van der Waals surface area (Å²) in [7, 11) is 1.24. The monoisotopic (exact) mass is 399 g/mol. The molecule has 6 heteroatoms. The van der Waals surface area contributed by atoms with Gasteiger partial charge >= 0.3 is 5.97 Å². The SMILES string of the molecule is COC(=O)c1cccc2c1C(=O)N(c1c(C(C)C)cc(Cl)cc1C(C)C)C2=O. The number of amides is 2. The van der Waals surface area contributed by atoms with E-state index in [1.807, 2.05) is 27.7 Å². The van der Waals surface area contributed by atoms with Crippen LogP contribution in [0.25, 0.3) is 0 Å². The Morgan fingerprint density at radius 2 is 1.57 bits per heavy atom. The highest BCUT2D eigenvalue weighted by atomic mass is 35.5. The Morgan fingerprint density at radius 1 is 1.00 bits per heavy atom. The van der Waals surface area contributed by atoms with Gasteiger partial charge in [0.1, 0.15) is 0 Å². The summed E-state index contributed by atoms with van der Waals surface area (Å²) in [6, 6.07) is 8.21. The van der Waals surface area contributed by atoms with E-state index in [1.165, 1.54) is 18.1 Å². The minimum Gasteiger partial charge on any atom is -0.465 e. The molecule has 0 aromatic heterocycles. The summed E-state index contributed by atoms with van der Waals surface area (Å²) in [6.45, 7) is 7.93. The molecule has 1 aliphatic rings. The maximum absolute atomic E-state index is 13.3. The van der Waals surface area contributed by atoms with E-state index in [4.69, 9.17) is 16.3 Å². The van der Waals surface area contributed by atoms with Crippen LogP contribution in [0.3, 0.4) is 0 Å². The third-order valence-corrected chi connectivity index (χ3v) is 5.14. The van der Waals surface area contributed by atoms with Gasteiger partial charge in [-0.1, -0.05) is 45.4 Å². The largest absolute Gasteiger partial charge is 0.465 e. The van der Waals surface area contributed by atoms with Crippen LogP contribution in [-0.4, -0.2) is 24.9 Å². The van der Waals surface area contributed by atoms with Crippen molar-refractivity contribution in [2.45, 2.75) is 39.5 Å². The van der Waals surface area contributed by atoms with Crippen LogP contribution in [0.5, 0.6) is 0 Å². The van der Waals surface area contributed by atoms with E-state index in [9.17, 15) is 14.4 Å². The van der Waals surface area contributed by atoms with E-state index in [0.29, 0.717) is 10.7 Å². The van der Waals surface area contributed by atoms with Gasteiger partial charge in [0.2, 0.25) is 0 Å². The molecule has 1 heterocycles. The lowest BCUT2D eigenvalue weighted by molar-refractivity contribution is 0.0597. The first-order valence-corrected chi connectivity index (χ1v) is 9.50. The summed E-state index contributed by atoms with van der Waals surface area (Å²) in [5.74, 6) is -1.54. The fourth-order valence-corrected chi connectivity index (χ4v) is 3.78. The number of ether oxygens (including phenoxy) is 1. The number of carbonyl (C=O) groups excluding carboxylic acids is 3. The molecular formula is C22H22ClNO4. The fraction of sp³-hybridized carbons (Fsp3) is 0.318. The molecule has 2 amide bonds. The number of hydrogen-bond donors (Lipinski definition) is 0. The van der Waals surface area contributed by atoms with Gasteiger partial charge in [-0.2, -0.15) is 0 Å². The second-order valence-electron chi connectivity index (χ2n) is 7.41. The van der Waals surface area contributed by atoms with Crippen molar-refractivity contribution in [3.8, 4) is 0 Å². The van der Waals surface area contributed by atoms with Gasteiger partial charge in [0.25, 0.3) is 11.8 Å². The molecule has 3 rings (SSSR count). The number of imide groups is 1. The van der Waals surface area contributed by atoms with E-state index in [1.54, 1.807) is 24.3 Å². The molecule has 0 spiro atoms. The molecule has 28 heavy (non-hydrogen) atoms. The number of halogens is 1. The average molecular weight is 400 g/mol. The zero-order chi connectivity index (χ0) is 20.7. The fourth-order valence-electron chi connectivity index (χ4n) is 3.55. The molecule has 2 aromatic rings. The molecule has 0 aliphatic carbocycles. The Kier molecular flexibility index (Phi) is 5.31. The van der Waals surface area contributed by atoms with E-state index < -0.39 is 17.8 Å². The summed E-state index contributed by atoms with van der Waals surface area (Å²) in [5, 5.41) is 0.558. The topological polar surface area (TPSA) is 63.7 Å². The van der Waals surface area contributed by atoms with Crippen molar-refractivity contribution < 1.29 is 19.1 Å². The van der Waals surface area contributed by atoms with Crippen molar-refractivity contribution in [2.75, 3.05) is 12.0 Å². The Hall–Kier alpha value is -2.66. The van der Waals surface area contributed by atoms with E-state index in [2.05, 4.69) is 0 Å². The molecule has 0 atom stereocenters. The summed E-state index contributed by atoms with van der Waals surface area (Å²) in [4.78, 5) is 39.9. The number of methoxy groups -OCH3 is 1. The Balaban J connectivity index is 2.28. The molecule has 0 radical (unpaired) electrons. The molecule has 0 saturated heterocycles. The molecule has 146 valence electrons. The van der Waals surface area contributed by atoms with Crippen molar-refractivity contribution in [3.05, 3.63) is 63.2 Å². The Morgan fingerprint density at radius 3 is 2.07 bits per heavy atom. The van der Waals surface area contributed by atoms with Crippen molar-refractivity contribution in [1.82, 2.24) is 0 Å². The number of anilines is 1. The summed E-state index contributed by atoms with van der Waals surface area (Å²) >= 11 is 6.31. The quantitative estimate of drug-likeness (QED) is 0.525. The third kappa shape index (κ3) is 3.10. The van der Waals surface area contributed by atoms with Gasteiger partial charge in [-0.25, -0.2) is 9.69 Å². The average Bonchev–Trinajstić information content (AvgIpc) is 2.91. The predicted octanol–water partition coefficient (Wildman–Crippen LogP) is 5.17. The van der Waals surface area contributed by atoms with Crippen LogP contribution in [0.4, 0.5) is 5.69 Å². The molecule has 0 N–H and O–H groups in total. The molecule has 2 aromatic carbocycles. The van der Waals surface area contributed by atoms with E-state index >= 15 is 0 Å². The van der Waals surface area contributed by atoms with Gasteiger partial charge in [0, 0.05) is 5.02 Å². The second-order valence-corrected chi connectivity index (χ2v) is 7.84. The highest BCUT2D eigenvalue weighted by molar-refractivity contribution is 6.37. The Labute approximate surface area is 169 Å². The molecule has 0 saturated carbocycles. The third-order valence-electron chi connectivity index (χ3n) is 4.92. The number of rotatable bonds is 4. The first-order valence-electron chi connectivity index (χ1n) is 9.12. The number of nitrogens with zero attached hydrogens (tertiary/aromatic N) is 1. The lowest BCUT2D eigenvalue weighted by Crippen LogP contribution is -2.32.